The van der Waals surface area contributed by atoms with Gasteiger partial charge in [0, 0.05) is 6.42 Å². The molecule has 2 rings (SSSR count). The van der Waals surface area contributed by atoms with Crippen LogP contribution in [-0.2, 0) is 6.42 Å². The largest absolute Gasteiger partial charge is 0.494 e. The van der Waals surface area contributed by atoms with Crippen molar-refractivity contribution < 1.29 is 14.2 Å². The van der Waals surface area contributed by atoms with Crippen LogP contribution in [0.3, 0.4) is 0 Å². The molecule has 1 atom stereocenters. The van der Waals surface area contributed by atoms with Gasteiger partial charge in [0.15, 0.2) is 11.6 Å². The van der Waals surface area contributed by atoms with E-state index in [2.05, 4.69) is 0 Å². The van der Waals surface area contributed by atoms with Gasteiger partial charge >= 0.3 is 0 Å². The van der Waals surface area contributed by atoms with E-state index in [-0.39, 0.29) is 5.75 Å². The van der Waals surface area contributed by atoms with E-state index in [0.29, 0.717) is 6.42 Å². The van der Waals surface area contributed by atoms with Crippen LogP contribution < -0.4 is 4.74 Å². The molecule has 0 bridgehead atoms. The molecule has 0 spiro atoms. The Hall–Kier alpha value is -1.87. The molecular formula is C17H19FO2. The first-order valence-electron chi connectivity index (χ1n) is 6.59. The first-order chi connectivity index (χ1) is 9.51. The Labute approximate surface area is 118 Å². The van der Waals surface area contributed by atoms with Crippen molar-refractivity contribution in [2.24, 2.45) is 0 Å². The van der Waals surface area contributed by atoms with Gasteiger partial charge in [-0.15, -0.1) is 0 Å². The van der Waals surface area contributed by atoms with E-state index in [1.807, 2.05) is 32.0 Å². The molecule has 0 fully saturated rings. The van der Waals surface area contributed by atoms with Gasteiger partial charge in [-0.05, 0) is 42.7 Å². The van der Waals surface area contributed by atoms with Gasteiger partial charge < -0.3 is 9.84 Å². The molecule has 0 aliphatic carbocycles. The lowest BCUT2D eigenvalue weighted by Gasteiger charge is -2.15. The van der Waals surface area contributed by atoms with Crippen molar-refractivity contribution in [3.8, 4) is 5.75 Å². The van der Waals surface area contributed by atoms with Crippen molar-refractivity contribution in [3.63, 3.8) is 0 Å². The zero-order valence-corrected chi connectivity index (χ0v) is 12.0. The SMILES string of the molecule is COc1ccc(CC(O)c2ccc(C)cc2C)cc1F. The fourth-order valence-electron chi connectivity index (χ4n) is 2.37. The maximum Gasteiger partial charge on any atom is 0.165 e. The lowest BCUT2D eigenvalue weighted by molar-refractivity contribution is 0.177. The van der Waals surface area contributed by atoms with Gasteiger partial charge in [-0.2, -0.15) is 0 Å². The van der Waals surface area contributed by atoms with E-state index in [1.165, 1.54) is 13.2 Å². The van der Waals surface area contributed by atoms with Crippen LogP contribution >= 0.6 is 0 Å². The molecule has 0 heterocycles. The summed E-state index contributed by atoms with van der Waals surface area (Å²) in [5.41, 5.74) is 3.84. The highest BCUT2D eigenvalue weighted by atomic mass is 19.1. The quantitative estimate of drug-likeness (QED) is 0.920. The van der Waals surface area contributed by atoms with Crippen LogP contribution in [-0.4, -0.2) is 12.2 Å². The summed E-state index contributed by atoms with van der Waals surface area (Å²) in [5, 5.41) is 10.3. The first-order valence-corrected chi connectivity index (χ1v) is 6.59. The molecule has 0 radical (unpaired) electrons. The summed E-state index contributed by atoms with van der Waals surface area (Å²) >= 11 is 0. The Balaban J connectivity index is 2.18. The molecule has 2 aromatic rings. The van der Waals surface area contributed by atoms with Gasteiger partial charge in [-0.25, -0.2) is 4.39 Å². The lowest BCUT2D eigenvalue weighted by atomic mass is 9.96. The maximum absolute atomic E-state index is 13.6. The zero-order valence-electron chi connectivity index (χ0n) is 12.0. The van der Waals surface area contributed by atoms with Gasteiger partial charge in [-0.3, -0.25) is 0 Å². The molecule has 0 amide bonds. The van der Waals surface area contributed by atoms with Crippen molar-refractivity contribution in [1.82, 2.24) is 0 Å². The third-order valence-electron chi connectivity index (χ3n) is 3.43. The van der Waals surface area contributed by atoms with E-state index < -0.39 is 11.9 Å². The number of ether oxygens (including phenoxy) is 1. The van der Waals surface area contributed by atoms with E-state index in [0.717, 1.165) is 22.3 Å². The van der Waals surface area contributed by atoms with E-state index in [1.54, 1.807) is 12.1 Å². The fraction of sp³-hybridized carbons (Fsp3) is 0.294. The number of aliphatic hydroxyl groups is 1. The third kappa shape index (κ3) is 3.17. The molecule has 0 aliphatic rings. The fourth-order valence-corrected chi connectivity index (χ4v) is 2.37. The molecule has 0 aliphatic heterocycles. The van der Waals surface area contributed by atoms with Crippen LogP contribution in [0.15, 0.2) is 36.4 Å². The summed E-state index contributed by atoms with van der Waals surface area (Å²) in [6, 6.07) is 10.7. The van der Waals surface area contributed by atoms with Crippen molar-refractivity contribution in [1.29, 1.82) is 0 Å². The van der Waals surface area contributed by atoms with E-state index in [9.17, 15) is 9.50 Å². The molecule has 3 heteroatoms. The summed E-state index contributed by atoms with van der Waals surface area (Å²) in [6.45, 7) is 3.99. The van der Waals surface area contributed by atoms with Crippen molar-refractivity contribution in [3.05, 3.63) is 64.5 Å². The van der Waals surface area contributed by atoms with Crippen LogP contribution in [0.1, 0.15) is 28.4 Å². The second-order valence-corrected chi connectivity index (χ2v) is 5.05. The highest BCUT2D eigenvalue weighted by Crippen LogP contribution is 2.25. The Bertz CT molecular complexity index is 608. The molecule has 0 saturated carbocycles. The summed E-state index contributed by atoms with van der Waals surface area (Å²) in [6.07, 6.45) is -0.256. The average Bonchev–Trinajstić information content (AvgIpc) is 2.38. The normalized spacial score (nSPS) is 12.2. The summed E-state index contributed by atoms with van der Waals surface area (Å²) in [5.74, 6) is -0.187. The number of hydrogen-bond acceptors (Lipinski definition) is 2. The smallest absolute Gasteiger partial charge is 0.165 e. The number of benzene rings is 2. The van der Waals surface area contributed by atoms with Gasteiger partial charge in [0.1, 0.15) is 0 Å². The number of methoxy groups -OCH3 is 1. The Morgan fingerprint density at radius 3 is 2.50 bits per heavy atom. The third-order valence-corrected chi connectivity index (χ3v) is 3.43. The predicted octanol–water partition coefficient (Wildman–Crippen LogP) is 3.73. The molecular weight excluding hydrogens is 255 g/mol. The number of rotatable bonds is 4. The molecule has 1 unspecified atom stereocenters. The first kappa shape index (κ1) is 14.5. The highest BCUT2D eigenvalue weighted by Gasteiger charge is 2.13. The van der Waals surface area contributed by atoms with Gasteiger partial charge in [0.25, 0.3) is 0 Å². The van der Waals surface area contributed by atoms with Crippen LogP contribution in [0, 0.1) is 19.7 Å². The molecule has 0 saturated heterocycles. The molecule has 2 nitrogen and oxygen atoms in total. The van der Waals surface area contributed by atoms with Crippen LogP contribution in [0.5, 0.6) is 5.75 Å². The second kappa shape index (κ2) is 6.06. The number of aliphatic hydroxyl groups excluding tert-OH is 1. The maximum atomic E-state index is 13.6. The van der Waals surface area contributed by atoms with E-state index >= 15 is 0 Å². The standard InChI is InChI=1S/C17H19FO2/c1-11-4-6-14(12(2)8-11)16(19)10-13-5-7-17(20-3)15(18)9-13/h4-9,16,19H,10H2,1-3H3. The minimum Gasteiger partial charge on any atom is -0.494 e. The van der Waals surface area contributed by atoms with Gasteiger partial charge in [0.05, 0.1) is 13.2 Å². The van der Waals surface area contributed by atoms with Crippen molar-refractivity contribution >= 4 is 0 Å². The predicted molar refractivity (Wildman–Crippen MR) is 77.5 cm³/mol. The molecule has 20 heavy (non-hydrogen) atoms. The zero-order chi connectivity index (χ0) is 14.7. The Morgan fingerprint density at radius 1 is 1.15 bits per heavy atom. The number of hydrogen-bond donors (Lipinski definition) is 1. The summed E-state index contributed by atoms with van der Waals surface area (Å²) in [7, 11) is 1.43. The Kier molecular flexibility index (Phi) is 4.40. The van der Waals surface area contributed by atoms with E-state index in [4.69, 9.17) is 4.74 Å². The lowest BCUT2D eigenvalue weighted by Crippen LogP contribution is -2.04. The van der Waals surface area contributed by atoms with Crippen LogP contribution in [0.25, 0.3) is 0 Å². The minimum atomic E-state index is -0.636. The van der Waals surface area contributed by atoms with Crippen molar-refractivity contribution in [2.45, 2.75) is 26.4 Å². The van der Waals surface area contributed by atoms with Crippen LogP contribution in [0.2, 0.25) is 0 Å². The number of aryl methyl sites for hydroxylation is 2. The van der Waals surface area contributed by atoms with Crippen molar-refractivity contribution in [2.75, 3.05) is 7.11 Å². The molecule has 2 aromatic carbocycles. The van der Waals surface area contributed by atoms with Crippen LogP contribution in [0.4, 0.5) is 4.39 Å². The minimum absolute atomic E-state index is 0.217. The highest BCUT2D eigenvalue weighted by molar-refractivity contribution is 5.34. The molecule has 106 valence electrons. The molecule has 1 N–H and O–H groups in total. The Morgan fingerprint density at radius 2 is 1.90 bits per heavy atom. The van der Waals surface area contributed by atoms with Gasteiger partial charge in [-0.1, -0.05) is 29.8 Å². The van der Waals surface area contributed by atoms with Gasteiger partial charge in [0.2, 0.25) is 0 Å². The monoisotopic (exact) mass is 274 g/mol. The second-order valence-electron chi connectivity index (χ2n) is 5.05. The summed E-state index contributed by atoms with van der Waals surface area (Å²) < 4.78 is 18.5. The topological polar surface area (TPSA) is 29.5 Å². The average molecular weight is 274 g/mol. The summed E-state index contributed by atoms with van der Waals surface area (Å²) in [4.78, 5) is 0. The molecule has 0 aromatic heterocycles. The number of halogens is 1.